The van der Waals surface area contributed by atoms with Gasteiger partial charge in [-0.3, -0.25) is 0 Å². The highest BCUT2D eigenvalue weighted by Gasteiger charge is 1.72. The predicted molar refractivity (Wildman–Crippen MR) is 64.9 cm³/mol. The van der Waals surface area contributed by atoms with Gasteiger partial charge in [0, 0.05) is 6.21 Å². The Morgan fingerprint density at radius 3 is 2.00 bits per heavy atom. The highest BCUT2D eigenvalue weighted by Crippen LogP contribution is 1.95. The van der Waals surface area contributed by atoms with Crippen molar-refractivity contribution < 1.29 is 0 Å². The van der Waals surface area contributed by atoms with E-state index in [0.29, 0.717) is 0 Å². The summed E-state index contributed by atoms with van der Waals surface area (Å²) in [5, 5.41) is 5.86. The quantitative estimate of drug-likeness (QED) is 0.613. The van der Waals surface area contributed by atoms with E-state index in [1.807, 2.05) is 60.1 Å². The molecule has 0 aromatic carbocycles. The molecule has 1 rings (SSSR count). The monoisotopic (exact) mass is 204 g/mol. The molecule has 0 radical (unpaired) electrons. The zero-order chi connectivity index (χ0) is 9.90. The van der Waals surface area contributed by atoms with Gasteiger partial charge in [-0.25, -0.2) is 4.83 Å². The first-order valence-electron chi connectivity index (χ1n) is 4.25. The van der Waals surface area contributed by atoms with Crippen LogP contribution in [0.15, 0.2) is 65.2 Å². The van der Waals surface area contributed by atoms with Crippen LogP contribution in [0.5, 0.6) is 0 Å². The van der Waals surface area contributed by atoms with Crippen LogP contribution < -0.4 is 4.83 Å². The molecule has 1 heterocycles. The highest BCUT2D eigenvalue weighted by molar-refractivity contribution is 8.00. The van der Waals surface area contributed by atoms with Crippen LogP contribution in [0.25, 0.3) is 0 Å². The summed E-state index contributed by atoms with van der Waals surface area (Å²) < 4.78 is 0. The first-order chi connectivity index (χ1) is 7.00. The third-order valence-corrected chi connectivity index (χ3v) is 1.81. The fourth-order valence-electron chi connectivity index (χ4n) is 0.718. The largest absolute Gasteiger partial charge is 0.248 e. The van der Waals surface area contributed by atoms with Crippen molar-refractivity contribution in [3.63, 3.8) is 0 Å². The van der Waals surface area contributed by atoms with Crippen molar-refractivity contribution in [2.45, 2.75) is 0 Å². The number of nitrogens with zero attached hydrogens (tertiary/aromatic N) is 1. The maximum Gasteiger partial charge on any atom is 0.0478 e. The van der Waals surface area contributed by atoms with Gasteiger partial charge in [-0.1, -0.05) is 48.6 Å². The average Bonchev–Trinajstić information content (AvgIpc) is 2.22. The van der Waals surface area contributed by atoms with E-state index in [0.717, 1.165) is 0 Å². The Hall–Kier alpha value is -1.48. The molecule has 1 aliphatic heterocycles. The van der Waals surface area contributed by atoms with E-state index in [1.165, 1.54) is 11.9 Å². The SMILES string of the molecule is C1=C\C=C/C=C/C=N\NS/C=C\C=C/1. The minimum atomic E-state index is 1.42. The molecule has 1 aliphatic rings. The van der Waals surface area contributed by atoms with Gasteiger partial charge >= 0.3 is 0 Å². The van der Waals surface area contributed by atoms with E-state index in [2.05, 4.69) is 9.93 Å². The van der Waals surface area contributed by atoms with Crippen molar-refractivity contribution in [1.29, 1.82) is 0 Å². The normalized spacial score (nSPS) is 30.3. The number of rotatable bonds is 0. The van der Waals surface area contributed by atoms with Crippen LogP contribution in [0.3, 0.4) is 0 Å². The van der Waals surface area contributed by atoms with Crippen molar-refractivity contribution in [3.05, 3.63) is 60.1 Å². The molecule has 0 atom stereocenters. The van der Waals surface area contributed by atoms with Gasteiger partial charge < -0.3 is 0 Å². The molecule has 0 aromatic rings. The summed E-state index contributed by atoms with van der Waals surface area (Å²) in [6, 6.07) is 0. The molecule has 14 heavy (non-hydrogen) atoms. The molecule has 0 saturated heterocycles. The average molecular weight is 204 g/mol. The standard InChI is InChI=1S/C11H12N2S/c1-2-4-6-8-10-12-13-14-11-9-7-5-3-1/h1-11,13H/b3-1-,4-2-,7-5-,8-6+,11-9-,12-10-. The van der Waals surface area contributed by atoms with Gasteiger partial charge in [0.1, 0.15) is 0 Å². The lowest BCUT2D eigenvalue weighted by Gasteiger charge is -1.88. The number of allylic oxidation sites excluding steroid dienone is 9. The summed E-state index contributed by atoms with van der Waals surface area (Å²) in [5.74, 6) is 0. The van der Waals surface area contributed by atoms with Crippen LogP contribution in [0, 0.1) is 0 Å². The molecule has 0 fully saturated rings. The Labute approximate surface area is 88.6 Å². The van der Waals surface area contributed by atoms with E-state index < -0.39 is 0 Å². The smallest absolute Gasteiger partial charge is 0.0478 e. The number of hydrogen-bond donors (Lipinski definition) is 1. The lowest BCUT2D eigenvalue weighted by Crippen LogP contribution is -1.87. The lowest BCUT2D eigenvalue weighted by molar-refractivity contribution is 1.13. The maximum absolute atomic E-state index is 3.93. The molecule has 0 spiro atoms. The molecule has 2 nitrogen and oxygen atoms in total. The molecular weight excluding hydrogens is 192 g/mol. The van der Waals surface area contributed by atoms with Crippen molar-refractivity contribution in [3.8, 4) is 0 Å². The van der Waals surface area contributed by atoms with Crippen molar-refractivity contribution in [2.24, 2.45) is 5.10 Å². The Morgan fingerprint density at radius 1 is 0.714 bits per heavy atom. The molecule has 3 heteroatoms. The fourth-order valence-corrected chi connectivity index (χ4v) is 1.07. The highest BCUT2D eigenvalue weighted by atomic mass is 32.2. The van der Waals surface area contributed by atoms with Crippen LogP contribution in [0.1, 0.15) is 0 Å². The zero-order valence-electron chi connectivity index (χ0n) is 7.71. The van der Waals surface area contributed by atoms with Crippen LogP contribution in [0.4, 0.5) is 0 Å². The molecule has 0 bridgehead atoms. The van der Waals surface area contributed by atoms with Gasteiger partial charge in [-0.15, -0.1) is 0 Å². The first kappa shape index (κ1) is 10.6. The van der Waals surface area contributed by atoms with Gasteiger partial charge in [0.05, 0.1) is 0 Å². The molecule has 0 aliphatic carbocycles. The molecule has 0 unspecified atom stereocenters. The second-order valence-corrected chi connectivity index (χ2v) is 3.05. The van der Waals surface area contributed by atoms with E-state index >= 15 is 0 Å². The van der Waals surface area contributed by atoms with Gasteiger partial charge in [0.15, 0.2) is 0 Å². The molecule has 72 valence electrons. The first-order valence-corrected chi connectivity index (χ1v) is 5.13. The minimum absolute atomic E-state index is 1.42. The summed E-state index contributed by atoms with van der Waals surface area (Å²) in [7, 11) is 0. The molecule has 0 amide bonds. The predicted octanol–water partition coefficient (Wildman–Crippen LogP) is 2.96. The Morgan fingerprint density at radius 2 is 1.29 bits per heavy atom. The topological polar surface area (TPSA) is 24.4 Å². The third-order valence-electron chi connectivity index (χ3n) is 1.30. The van der Waals surface area contributed by atoms with Gasteiger partial charge in [0.2, 0.25) is 0 Å². The summed E-state index contributed by atoms with van der Waals surface area (Å²) in [5.41, 5.74) is 0. The number of hydrogen-bond acceptors (Lipinski definition) is 3. The summed E-state index contributed by atoms with van der Waals surface area (Å²) >= 11 is 1.42. The van der Waals surface area contributed by atoms with Crippen LogP contribution in [-0.2, 0) is 0 Å². The summed E-state index contributed by atoms with van der Waals surface area (Å²) in [6.45, 7) is 0. The maximum atomic E-state index is 3.93. The van der Waals surface area contributed by atoms with E-state index in [1.54, 1.807) is 6.21 Å². The number of nitrogens with one attached hydrogen (secondary N) is 1. The van der Waals surface area contributed by atoms with E-state index in [-0.39, 0.29) is 0 Å². The van der Waals surface area contributed by atoms with Crippen LogP contribution in [-0.4, -0.2) is 6.21 Å². The Kier molecular flexibility index (Phi) is 6.16. The van der Waals surface area contributed by atoms with Crippen molar-refractivity contribution >= 4 is 18.2 Å². The molecular formula is C11H12N2S. The Balaban J connectivity index is 2.56. The van der Waals surface area contributed by atoms with E-state index in [4.69, 9.17) is 0 Å². The summed E-state index contributed by atoms with van der Waals surface area (Å²) in [4.78, 5) is 2.81. The van der Waals surface area contributed by atoms with Crippen molar-refractivity contribution in [2.75, 3.05) is 0 Å². The van der Waals surface area contributed by atoms with Gasteiger partial charge in [-0.2, -0.15) is 5.10 Å². The molecule has 1 N–H and O–H groups in total. The van der Waals surface area contributed by atoms with Crippen LogP contribution in [0.2, 0.25) is 0 Å². The Bertz CT molecular complexity index is 277. The second-order valence-electron chi connectivity index (χ2n) is 2.36. The minimum Gasteiger partial charge on any atom is -0.248 e. The molecule has 0 aromatic heterocycles. The molecule has 0 saturated carbocycles. The van der Waals surface area contributed by atoms with Gasteiger partial charge in [-0.05, 0) is 23.4 Å². The second kappa shape index (κ2) is 8.13. The fraction of sp³-hybridized carbons (Fsp3) is 0. The summed E-state index contributed by atoms with van der Waals surface area (Å²) in [6.07, 6.45) is 19.2. The zero-order valence-corrected chi connectivity index (χ0v) is 8.52. The van der Waals surface area contributed by atoms with Crippen LogP contribution >= 0.6 is 11.9 Å². The third kappa shape index (κ3) is 6.08. The van der Waals surface area contributed by atoms with Gasteiger partial charge in [0.25, 0.3) is 0 Å². The lowest BCUT2D eigenvalue weighted by atomic mass is 10.4. The number of hydrazone groups is 1. The van der Waals surface area contributed by atoms with E-state index in [9.17, 15) is 0 Å². The van der Waals surface area contributed by atoms with Crippen molar-refractivity contribution in [1.82, 2.24) is 4.83 Å².